The maximum absolute atomic E-state index is 13.1. The molecule has 1 unspecified atom stereocenters. The number of hydrogen-bond acceptors (Lipinski definition) is 7. The molecule has 168 valence electrons. The normalized spacial score (nSPS) is 16.7. The van der Waals surface area contributed by atoms with Crippen LogP contribution in [0.1, 0.15) is 24.4 Å². The van der Waals surface area contributed by atoms with Crippen LogP contribution in [-0.2, 0) is 6.18 Å². The van der Waals surface area contributed by atoms with Crippen LogP contribution in [0.5, 0.6) is 0 Å². The average molecular weight is 445 g/mol. The van der Waals surface area contributed by atoms with E-state index in [0.29, 0.717) is 17.2 Å². The van der Waals surface area contributed by atoms with Gasteiger partial charge in [0.05, 0.1) is 17.8 Å². The van der Waals surface area contributed by atoms with E-state index < -0.39 is 11.7 Å². The summed E-state index contributed by atoms with van der Waals surface area (Å²) in [5.74, 6) is 9.07. The van der Waals surface area contributed by atoms with Gasteiger partial charge in [-0.1, -0.05) is 0 Å². The molecule has 1 aliphatic heterocycles. The quantitative estimate of drug-likeness (QED) is 0.368. The summed E-state index contributed by atoms with van der Waals surface area (Å²) in [6.45, 7) is 1.60. The molecule has 0 spiro atoms. The number of hydrazine groups is 1. The van der Waals surface area contributed by atoms with Gasteiger partial charge in [0.1, 0.15) is 17.2 Å². The first-order valence-electron chi connectivity index (χ1n) is 9.94. The number of rotatable bonds is 3. The third kappa shape index (κ3) is 4.27. The van der Waals surface area contributed by atoms with Crippen molar-refractivity contribution in [3.05, 3.63) is 60.8 Å². The van der Waals surface area contributed by atoms with Crippen LogP contribution >= 0.6 is 0 Å². The largest absolute Gasteiger partial charge is 0.417 e. The van der Waals surface area contributed by atoms with Crippen molar-refractivity contribution in [2.45, 2.75) is 25.1 Å². The number of fused-ring (bicyclic) bond motifs is 1. The molecule has 1 fully saturated rings. The summed E-state index contributed by atoms with van der Waals surface area (Å²) in [5, 5.41) is 4.34. The molecule has 0 aromatic carbocycles. The molecule has 4 aromatic rings. The van der Waals surface area contributed by atoms with E-state index in [1.807, 2.05) is 23.0 Å². The smallest absolute Gasteiger partial charge is 0.354 e. The highest BCUT2D eigenvalue weighted by atomic mass is 19.4. The molecule has 0 bridgehead atoms. The maximum Gasteiger partial charge on any atom is 0.417 e. The Balaban J connectivity index is 0.00000119. The fourth-order valence-corrected chi connectivity index (χ4v) is 3.84. The Morgan fingerprint density at radius 3 is 2.66 bits per heavy atom. The van der Waals surface area contributed by atoms with Crippen LogP contribution in [0.25, 0.3) is 17.2 Å². The summed E-state index contributed by atoms with van der Waals surface area (Å²) >= 11 is 0. The van der Waals surface area contributed by atoms with Gasteiger partial charge < -0.3 is 4.90 Å². The van der Waals surface area contributed by atoms with Gasteiger partial charge in [-0.2, -0.15) is 18.3 Å². The van der Waals surface area contributed by atoms with Gasteiger partial charge in [-0.3, -0.25) is 20.8 Å². The lowest BCUT2D eigenvalue weighted by Gasteiger charge is -2.33. The Hall–Kier alpha value is -3.51. The minimum atomic E-state index is -4.44. The Labute approximate surface area is 181 Å². The van der Waals surface area contributed by atoms with Crippen LogP contribution in [0.15, 0.2) is 55.2 Å². The molecule has 1 atom stereocenters. The van der Waals surface area contributed by atoms with Gasteiger partial charge in [-0.25, -0.2) is 15.0 Å². The molecule has 4 N–H and O–H groups in total. The van der Waals surface area contributed by atoms with Crippen LogP contribution in [0.4, 0.5) is 19.0 Å². The highest BCUT2D eigenvalue weighted by Gasteiger charge is 2.31. The second-order valence-electron chi connectivity index (χ2n) is 7.25. The topological polar surface area (TPSA) is 116 Å². The number of alkyl halides is 3. The molecule has 12 heteroatoms. The molecule has 0 saturated carbocycles. The van der Waals surface area contributed by atoms with Gasteiger partial charge in [-0.05, 0) is 37.1 Å². The zero-order chi connectivity index (χ0) is 22.7. The first-order valence-corrected chi connectivity index (χ1v) is 9.94. The lowest BCUT2D eigenvalue weighted by molar-refractivity contribution is -0.137. The van der Waals surface area contributed by atoms with Crippen molar-refractivity contribution in [3.63, 3.8) is 0 Å². The number of anilines is 1. The molecule has 0 radical (unpaired) electrons. The minimum Gasteiger partial charge on any atom is -0.354 e. The summed E-state index contributed by atoms with van der Waals surface area (Å²) in [5.41, 5.74) is 0.0748. The predicted molar refractivity (Wildman–Crippen MR) is 112 cm³/mol. The highest BCUT2D eigenvalue weighted by Crippen LogP contribution is 2.31. The summed E-state index contributed by atoms with van der Waals surface area (Å²) in [4.78, 5) is 15.3. The maximum atomic E-state index is 13.1. The van der Waals surface area contributed by atoms with Crippen LogP contribution in [0.3, 0.4) is 0 Å². The fourth-order valence-electron chi connectivity index (χ4n) is 3.84. The Bertz CT molecular complexity index is 1170. The van der Waals surface area contributed by atoms with Crippen molar-refractivity contribution in [1.82, 2.24) is 29.1 Å². The van der Waals surface area contributed by atoms with E-state index in [1.165, 1.54) is 16.7 Å². The van der Waals surface area contributed by atoms with Crippen LogP contribution in [0, 0.1) is 0 Å². The van der Waals surface area contributed by atoms with Crippen molar-refractivity contribution in [2.24, 2.45) is 11.7 Å². The number of aromatic nitrogens is 6. The van der Waals surface area contributed by atoms with Gasteiger partial charge in [-0.15, -0.1) is 0 Å². The Morgan fingerprint density at radius 2 is 1.91 bits per heavy atom. The molecule has 1 aliphatic rings. The van der Waals surface area contributed by atoms with Crippen molar-refractivity contribution < 1.29 is 13.2 Å². The number of imidazole rings is 1. The van der Waals surface area contributed by atoms with Crippen LogP contribution in [0.2, 0.25) is 0 Å². The van der Waals surface area contributed by atoms with Gasteiger partial charge in [0.2, 0.25) is 0 Å². The van der Waals surface area contributed by atoms with Crippen molar-refractivity contribution in [1.29, 1.82) is 0 Å². The molecule has 4 aromatic heterocycles. The van der Waals surface area contributed by atoms with Crippen LogP contribution in [-0.4, -0.2) is 42.2 Å². The summed E-state index contributed by atoms with van der Waals surface area (Å²) in [6, 6.07) is 6.33. The van der Waals surface area contributed by atoms with E-state index in [0.717, 1.165) is 44.0 Å². The monoisotopic (exact) mass is 445 g/mol. The van der Waals surface area contributed by atoms with E-state index in [-0.39, 0.29) is 6.04 Å². The molecule has 0 amide bonds. The number of pyridine rings is 1. The molecule has 9 nitrogen and oxygen atoms in total. The zero-order valence-electron chi connectivity index (χ0n) is 17.0. The average Bonchev–Trinajstić information content (AvgIpc) is 3.50. The second kappa shape index (κ2) is 8.93. The Kier molecular flexibility index (Phi) is 6.06. The number of hydrogen-bond donors (Lipinski definition) is 2. The number of nitrogens with two attached hydrogens (primary N) is 2. The lowest BCUT2D eigenvalue weighted by atomic mass is 10.1. The van der Waals surface area contributed by atoms with Crippen molar-refractivity contribution in [3.8, 4) is 11.5 Å². The first-order chi connectivity index (χ1) is 15.5. The van der Waals surface area contributed by atoms with Gasteiger partial charge in [0.15, 0.2) is 5.82 Å². The van der Waals surface area contributed by atoms with Crippen LogP contribution < -0.4 is 16.6 Å². The lowest BCUT2D eigenvalue weighted by Crippen LogP contribution is -2.37. The Morgan fingerprint density at radius 1 is 1.06 bits per heavy atom. The fraction of sp³-hybridized carbons (Fsp3) is 0.300. The molecule has 32 heavy (non-hydrogen) atoms. The van der Waals surface area contributed by atoms with Crippen molar-refractivity contribution in [2.75, 3.05) is 18.0 Å². The van der Waals surface area contributed by atoms with Gasteiger partial charge in [0, 0.05) is 37.9 Å². The van der Waals surface area contributed by atoms with E-state index in [4.69, 9.17) is 0 Å². The standard InChI is InChI=1S/C20H18F3N7.H4N2/c21-20(22,23)14-4-5-17-25-11-16(29(17)12-14)19-24-8-6-18(27-19)28-9-1-3-15(13-28)30-10-2-7-26-30;1-2/h2,4-8,10-12,15H,1,3,9,13H2;1-2H2. The molecule has 0 aliphatic carbocycles. The van der Waals surface area contributed by atoms with Crippen molar-refractivity contribution >= 4 is 11.5 Å². The third-order valence-corrected chi connectivity index (χ3v) is 5.32. The zero-order valence-corrected chi connectivity index (χ0v) is 17.0. The number of piperidine rings is 1. The minimum absolute atomic E-state index is 0.248. The number of nitrogens with zero attached hydrogens (tertiary/aromatic N) is 7. The predicted octanol–water partition coefficient (Wildman–Crippen LogP) is 2.67. The van der Waals surface area contributed by atoms with E-state index in [1.54, 1.807) is 12.4 Å². The summed E-state index contributed by atoms with van der Waals surface area (Å²) in [6.07, 6.45) is 5.46. The second-order valence-corrected chi connectivity index (χ2v) is 7.25. The molecular formula is C20H22F3N9. The molecular weight excluding hydrogens is 423 g/mol. The molecule has 5 rings (SSSR count). The third-order valence-electron chi connectivity index (χ3n) is 5.32. The summed E-state index contributed by atoms with van der Waals surface area (Å²) in [7, 11) is 0. The molecule has 1 saturated heterocycles. The van der Waals surface area contributed by atoms with E-state index in [9.17, 15) is 13.2 Å². The summed E-state index contributed by atoms with van der Waals surface area (Å²) < 4.78 is 42.7. The first kappa shape index (κ1) is 21.7. The van der Waals surface area contributed by atoms with E-state index in [2.05, 4.69) is 36.6 Å². The number of halogens is 3. The SMILES string of the molecule is FC(F)(F)c1ccc2ncc(-c3nccc(N4CCCC(n5cccn5)C4)n3)n2c1.NN. The van der Waals surface area contributed by atoms with Gasteiger partial charge in [0.25, 0.3) is 0 Å². The van der Waals surface area contributed by atoms with E-state index >= 15 is 0 Å². The molecule has 5 heterocycles. The van der Waals surface area contributed by atoms with Gasteiger partial charge >= 0.3 is 6.18 Å². The highest BCUT2D eigenvalue weighted by molar-refractivity contribution is 5.59.